The van der Waals surface area contributed by atoms with Crippen molar-refractivity contribution in [3.05, 3.63) is 35.1 Å². The number of halogens is 1. The van der Waals surface area contributed by atoms with E-state index < -0.39 is 5.97 Å². The third-order valence-electron chi connectivity index (χ3n) is 4.93. The van der Waals surface area contributed by atoms with E-state index in [2.05, 4.69) is 10.6 Å². The fraction of sp³-hybridized carbons (Fsp3) is 0.529. The first-order valence-electron chi connectivity index (χ1n) is 8.11. The van der Waals surface area contributed by atoms with Crippen molar-refractivity contribution in [2.75, 3.05) is 0 Å². The minimum atomic E-state index is -0.752. The molecule has 1 fully saturated rings. The van der Waals surface area contributed by atoms with E-state index in [1.165, 1.54) is 6.07 Å². The Bertz CT molecular complexity index is 612. The highest BCUT2D eigenvalue weighted by Gasteiger charge is 2.29. The van der Waals surface area contributed by atoms with Crippen molar-refractivity contribution in [3.8, 4) is 0 Å². The maximum absolute atomic E-state index is 13.7. The van der Waals surface area contributed by atoms with Crippen molar-refractivity contribution in [1.82, 2.24) is 10.6 Å². The van der Waals surface area contributed by atoms with E-state index in [0.717, 1.165) is 5.56 Å². The molecule has 0 heterocycles. The highest BCUT2D eigenvalue weighted by Crippen LogP contribution is 2.32. The van der Waals surface area contributed by atoms with Gasteiger partial charge in [0.1, 0.15) is 5.82 Å². The maximum atomic E-state index is 13.7. The Hall–Kier alpha value is -2.11. The molecule has 3 rings (SSSR count). The van der Waals surface area contributed by atoms with Crippen molar-refractivity contribution in [3.63, 3.8) is 0 Å². The SMILES string of the molecule is O=C(NC1CCC(C(=O)O)CC1)NC1CCc2c(F)cccc21. The smallest absolute Gasteiger partial charge is 0.315 e. The van der Waals surface area contributed by atoms with Crippen molar-refractivity contribution >= 4 is 12.0 Å². The minimum absolute atomic E-state index is 0.0129. The number of aliphatic carboxylic acids is 1. The Balaban J connectivity index is 1.52. The van der Waals surface area contributed by atoms with Gasteiger partial charge in [0.2, 0.25) is 0 Å². The van der Waals surface area contributed by atoms with E-state index >= 15 is 0 Å². The number of carbonyl (C=O) groups excluding carboxylic acids is 1. The fourth-order valence-electron chi connectivity index (χ4n) is 3.63. The van der Waals surface area contributed by atoms with Crippen LogP contribution in [0.25, 0.3) is 0 Å². The second-order valence-electron chi connectivity index (χ2n) is 6.40. The molecular formula is C17H21FN2O3. The van der Waals surface area contributed by atoms with Crippen LogP contribution in [-0.2, 0) is 11.2 Å². The number of hydrogen-bond acceptors (Lipinski definition) is 2. The molecule has 0 saturated heterocycles. The fourth-order valence-corrected chi connectivity index (χ4v) is 3.63. The molecule has 3 N–H and O–H groups in total. The van der Waals surface area contributed by atoms with E-state index in [9.17, 15) is 14.0 Å². The van der Waals surface area contributed by atoms with Gasteiger partial charge in [0.05, 0.1) is 12.0 Å². The number of carbonyl (C=O) groups is 2. The molecule has 1 aromatic rings. The zero-order chi connectivity index (χ0) is 16.4. The third-order valence-corrected chi connectivity index (χ3v) is 4.93. The Labute approximate surface area is 134 Å². The summed E-state index contributed by atoms with van der Waals surface area (Å²) in [6.45, 7) is 0. The number of amides is 2. The lowest BCUT2D eigenvalue weighted by atomic mass is 9.86. The number of carboxylic acid groups (broad SMARTS) is 1. The van der Waals surface area contributed by atoms with Crippen LogP contribution in [0.1, 0.15) is 49.3 Å². The second-order valence-corrected chi connectivity index (χ2v) is 6.40. The van der Waals surface area contributed by atoms with Crippen LogP contribution in [0, 0.1) is 11.7 Å². The van der Waals surface area contributed by atoms with Crippen molar-refractivity contribution in [1.29, 1.82) is 0 Å². The molecule has 0 aromatic heterocycles. The first-order valence-corrected chi connectivity index (χ1v) is 8.11. The van der Waals surface area contributed by atoms with Crippen LogP contribution in [0.3, 0.4) is 0 Å². The average molecular weight is 320 g/mol. The highest BCUT2D eigenvalue weighted by molar-refractivity contribution is 5.75. The topological polar surface area (TPSA) is 78.4 Å². The molecule has 2 aliphatic rings. The molecular weight excluding hydrogens is 299 g/mol. The number of nitrogens with one attached hydrogen (secondary N) is 2. The molecule has 1 aromatic carbocycles. The quantitative estimate of drug-likeness (QED) is 0.801. The first-order chi connectivity index (χ1) is 11.0. The summed E-state index contributed by atoms with van der Waals surface area (Å²) < 4.78 is 13.7. The van der Waals surface area contributed by atoms with Crippen molar-refractivity contribution in [2.24, 2.45) is 5.92 Å². The van der Waals surface area contributed by atoms with Crippen LogP contribution in [0.4, 0.5) is 9.18 Å². The van der Waals surface area contributed by atoms with Gasteiger partial charge in [0, 0.05) is 6.04 Å². The summed E-state index contributed by atoms with van der Waals surface area (Å²) >= 11 is 0. The molecule has 1 unspecified atom stereocenters. The van der Waals surface area contributed by atoms with E-state index in [1.807, 2.05) is 6.07 Å². The van der Waals surface area contributed by atoms with Gasteiger partial charge in [-0.3, -0.25) is 4.79 Å². The Kier molecular flexibility index (Phi) is 4.50. The summed E-state index contributed by atoms with van der Waals surface area (Å²) in [6.07, 6.45) is 3.89. The monoisotopic (exact) mass is 320 g/mol. The lowest BCUT2D eigenvalue weighted by Gasteiger charge is -2.27. The number of carboxylic acids is 1. The van der Waals surface area contributed by atoms with Crippen LogP contribution in [0.5, 0.6) is 0 Å². The molecule has 1 saturated carbocycles. The summed E-state index contributed by atoms with van der Waals surface area (Å²) in [6, 6.07) is 4.57. The third kappa shape index (κ3) is 3.46. The van der Waals surface area contributed by atoms with Gasteiger partial charge in [-0.2, -0.15) is 0 Å². The normalized spacial score (nSPS) is 26.4. The molecule has 23 heavy (non-hydrogen) atoms. The van der Waals surface area contributed by atoms with Crippen LogP contribution in [-0.4, -0.2) is 23.1 Å². The Morgan fingerprint density at radius 1 is 1.09 bits per heavy atom. The molecule has 124 valence electrons. The summed E-state index contributed by atoms with van der Waals surface area (Å²) in [7, 11) is 0. The largest absolute Gasteiger partial charge is 0.481 e. The van der Waals surface area contributed by atoms with Crippen LogP contribution in [0.2, 0.25) is 0 Å². The maximum Gasteiger partial charge on any atom is 0.315 e. The average Bonchev–Trinajstić information content (AvgIpc) is 2.92. The van der Waals surface area contributed by atoms with Crippen molar-refractivity contribution < 1.29 is 19.1 Å². The molecule has 0 spiro atoms. The predicted octanol–water partition coefficient (Wildman–Crippen LogP) is 2.76. The molecule has 5 nitrogen and oxygen atoms in total. The van der Waals surface area contributed by atoms with Gasteiger partial charge in [-0.25, -0.2) is 9.18 Å². The van der Waals surface area contributed by atoms with Crippen LogP contribution in [0.15, 0.2) is 18.2 Å². The standard InChI is InChI=1S/C17H21FN2O3/c18-14-3-1-2-13-12(14)8-9-15(13)20-17(23)19-11-6-4-10(5-7-11)16(21)22/h1-3,10-11,15H,4-9H2,(H,21,22)(H2,19,20,23). The molecule has 0 bridgehead atoms. The predicted molar refractivity (Wildman–Crippen MR) is 82.5 cm³/mol. The molecule has 0 aliphatic heterocycles. The van der Waals surface area contributed by atoms with Crippen LogP contribution < -0.4 is 10.6 Å². The molecule has 2 aliphatic carbocycles. The Morgan fingerprint density at radius 2 is 1.83 bits per heavy atom. The number of fused-ring (bicyclic) bond motifs is 1. The van der Waals surface area contributed by atoms with E-state index in [-0.39, 0.29) is 29.8 Å². The lowest BCUT2D eigenvalue weighted by Crippen LogP contribution is -2.45. The van der Waals surface area contributed by atoms with Crippen LogP contribution >= 0.6 is 0 Å². The van der Waals surface area contributed by atoms with Gasteiger partial charge in [0.15, 0.2) is 0 Å². The number of benzene rings is 1. The van der Waals surface area contributed by atoms with Gasteiger partial charge in [0.25, 0.3) is 0 Å². The molecule has 1 atom stereocenters. The summed E-state index contributed by atoms with van der Waals surface area (Å²) in [5, 5.41) is 14.8. The summed E-state index contributed by atoms with van der Waals surface area (Å²) in [4.78, 5) is 23.1. The van der Waals surface area contributed by atoms with Gasteiger partial charge >= 0.3 is 12.0 Å². The van der Waals surface area contributed by atoms with Gasteiger partial charge in [-0.05, 0) is 55.7 Å². The summed E-state index contributed by atoms with van der Waals surface area (Å²) in [5.41, 5.74) is 1.55. The molecule has 0 radical (unpaired) electrons. The first kappa shape index (κ1) is 15.8. The van der Waals surface area contributed by atoms with Gasteiger partial charge in [-0.15, -0.1) is 0 Å². The van der Waals surface area contributed by atoms with E-state index in [4.69, 9.17) is 5.11 Å². The number of hydrogen-bond donors (Lipinski definition) is 3. The molecule has 6 heteroatoms. The zero-order valence-electron chi connectivity index (χ0n) is 12.8. The van der Waals surface area contributed by atoms with Gasteiger partial charge < -0.3 is 15.7 Å². The second kappa shape index (κ2) is 6.56. The number of urea groups is 1. The number of rotatable bonds is 3. The van der Waals surface area contributed by atoms with E-state index in [0.29, 0.717) is 44.1 Å². The van der Waals surface area contributed by atoms with Gasteiger partial charge in [-0.1, -0.05) is 12.1 Å². The van der Waals surface area contributed by atoms with Crippen molar-refractivity contribution in [2.45, 2.75) is 50.6 Å². The molecule has 2 amide bonds. The van der Waals surface area contributed by atoms with E-state index in [1.54, 1.807) is 6.07 Å². The summed E-state index contributed by atoms with van der Waals surface area (Å²) in [5.74, 6) is -1.25. The zero-order valence-corrected chi connectivity index (χ0v) is 12.8. The highest BCUT2D eigenvalue weighted by atomic mass is 19.1. The lowest BCUT2D eigenvalue weighted by molar-refractivity contribution is -0.142. The minimum Gasteiger partial charge on any atom is -0.481 e. The Morgan fingerprint density at radius 3 is 2.52 bits per heavy atom.